The molecule has 4 heavy (non-hydrogen) atoms. The van der Waals surface area contributed by atoms with Crippen LogP contribution in [0.3, 0.4) is 0 Å². The van der Waals surface area contributed by atoms with Crippen molar-refractivity contribution in [1.29, 1.82) is 0 Å². The average Bonchev–Trinajstić information content (AvgIpc) is 1.00. The molecule has 17 valence electrons. The van der Waals surface area contributed by atoms with Crippen molar-refractivity contribution in [3.05, 3.63) is 0 Å². The third-order valence-corrected chi connectivity index (χ3v) is 0. The molecule has 0 N–H and O–H groups in total. The average molecular weight is 180 g/mol. The molecular weight excluding hydrogens is 179 g/mol. The molecule has 0 aliphatic heterocycles. The van der Waals surface area contributed by atoms with Crippen molar-refractivity contribution in [3.63, 3.8) is 0 Å². The largest absolute Gasteiger partial charge is 0 e. The standard InChI is InChI=1S/Al.O.Sc.Zr.H. The van der Waals surface area contributed by atoms with E-state index in [4.69, 9.17) is 3.80 Å². The molecule has 4 heteroatoms. The minimum absolute atomic E-state index is 0. The first kappa shape index (κ1) is 16.5. The van der Waals surface area contributed by atoms with E-state index < -0.39 is 0 Å². The fourth-order valence-corrected chi connectivity index (χ4v) is 0. The van der Waals surface area contributed by atoms with E-state index in [1.165, 1.54) is 0 Å². The second-order valence-electron chi connectivity index (χ2n) is 0. The van der Waals surface area contributed by atoms with Gasteiger partial charge >= 0.3 is 20.0 Å². The Kier molecular flexibility index (Phi) is 80.7. The summed E-state index contributed by atoms with van der Waals surface area (Å²) in [6.45, 7) is 0. The summed E-state index contributed by atoms with van der Waals surface area (Å²) in [7, 11) is 0. The molecule has 0 bridgehead atoms. The van der Waals surface area contributed by atoms with Crippen LogP contribution in [-0.4, -0.2) is 16.2 Å². The molecule has 0 heterocycles. The van der Waals surface area contributed by atoms with Crippen molar-refractivity contribution < 1.29 is 55.9 Å². The molecule has 0 aromatic heterocycles. The van der Waals surface area contributed by atoms with Crippen molar-refractivity contribution in [2.45, 2.75) is 0 Å². The Morgan fingerprint density at radius 2 is 1.25 bits per heavy atom. The first-order chi connectivity index (χ1) is 1.00. The number of rotatable bonds is 0. The van der Waals surface area contributed by atoms with Crippen molar-refractivity contribution >= 4 is 16.2 Å². The zero-order valence-corrected chi connectivity index (χ0v) is 7.87. The van der Waals surface area contributed by atoms with E-state index in [1.54, 1.807) is 0 Å². The van der Waals surface area contributed by atoms with Gasteiger partial charge in [-0.25, -0.2) is 0 Å². The van der Waals surface area contributed by atoms with Crippen LogP contribution in [0, 0.1) is 0 Å². The SMILES string of the molecule is [O]=[AlH].[Sc].[Zr]. The summed E-state index contributed by atoms with van der Waals surface area (Å²) in [5.74, 6) is 0. The Hall–Kier alpha value is 2.09. The normalized spacial score (nSPS) is 0.750. The summed E-state index contributed by atoms with van der Waals surface area (Å²) in [5, 5.41) is 0. The van der Waals surface area contributed by atoms with Crippen LogP contribution >= 0.6 is 0 Å². The summed E-state index contributed by atoms with van der Waals surface area (Å²) < 4.78 is 8.28. The van der Waals surface area contributed by atoms with E-state index >= 15 is 0 Å². The molecule has 0 unspecified atom stereocenters. The summed E-state index contributed by atoms with van der Waals surface area (Å²) in [6, 6.07) is 0. The molecule has 0 aromatic carbocycles. The minimum atomic E-state index is 0. The molecule has 0 fully saturated rings. The van der Waals surface area contributed by atoms with Gasteiger partial charge in [-0.15, -0.1) is 0 Å². The summed E-state index contributed by atoms with van der Waals surface area (Å²) in [4.78, 5) is 0. The van der Waals surface area contributed by atoms with E-state index in [1.807, 2.05) is 0 Å². The van der Waals surface area contributed by atoms with Gasteiger partial charge in [0.1, 0.15) is 0 Å². The van der Waals surface area contributed by atoms with Gasteiger partial charge < -0.3 is 0 Å². The third-order valence-electron chi connectivity index (χ3n) is 0. The smallest absolute Gasteiger partial charge is 0 e. The topological polar surface area (TPSA) is 17.1 Å². The van der Waals surface area contributed by atoms with Gasteiger partial charge in [-0.05, 0) is 0 Å². The molecule has 0 amide bonds. The molecule has 0 rings (SSSR count). The van der Waals surface area contributed by atoms with Crippen molar-refractivity contribution in [2.24, 2.45) is 0 Å². The molecule has 1 nitrogen and oxygen atoms in total. The molecule has 0 saturated heterocycles. The Morgan fingerprint density at radius 1 is 1.25 bits per heavy atom. The van der Waals surface area contributed by atoms with Crippen LogP contribution in [0.5, 0.6) is 0 Å². The van der Waals surface area contributed by atoms with Crippen LogP contribution in [0.2, 0.25) is 0 Å². The first-order valence-electron chi connectivity index (χ1n) is 0.289. The molecule has 0 aliphatic rings. The monoisotopic (exact) mass is 179 g/mol. The zero-order valence-electron chi connectivity index (χ0n) is 2.19. The Morgan fingerprint density at radius 3 is 1.25 bits per heavy atom. The maximum Gasteiger partial charge on any atom is 0 e. The van der Waals surface area contributed by atoms with Gasteiger partial charge in [-0.1, -0.05) is 0 Å². The van der Waals surface area contributed by atoms with E-state index in [2.05, 4.69) is 0 Å². The second-order valence-corrected chi connectivity index (χ2v) is 0. The van der Waals surface area contributed by atoms with E-state index in [0.29, 0.717) is 16.2 Å². The van der Waals surface area contributed by atoms with Gasteiger partial charge in [-0.2, -0.15) is 0 Å². The molecule has 0 spiro atoms. The van der Waals surface area contributed by atoms with Crippen LogP contribution in [0.1, 0.15) is 0 Å². The number of hydrogen-bond donors (Lipinski definition) is 0. The van der Waals surface area contributed by atoms with E-state index in [0.717, 1.165) is 0 Å². The van der Waals surface area contributed by atoms with Crippen LogP contribution in [0.25, 0.3) is 0 Å². The van der Waals surface area contributed by atoms with Crippen LogP contribution in [0.4, 0.5) is 0 Å². The predicted octanol–water partition coefficient (Wildman–Crippen LogP) is -0.772. The number of hydrogen-bond acceptors (Lipinski definition) is 1. The first-order valence-corrected chi connectivity index (χ1v) is 0.866. The molecule has 0 aromatic rings. The Labute approximate surface area is 71.1 Å². The maximum atomic E-state index is 8.28. The molecule has 1 radical (unpaired) electrons. The van der Waals surface area contributed by atoms with Crippen molar-refractivity contribution in [2.75, 3.05) is 0 Å². The van der Waals surface area contributed by atoms with Crippen LogP contribution in [-0.2, 0) is 55.9 Å². The molecule has 0 atom stereocenters. The minimum Gasteiger partial charge on any atom is 0 e. The fourth-order valence-electron chi connectivity index (χ4n) is 0. The fraction of sp³-hybridized carbons (Fsp3) is 0. The van der Waals surface area contributed by atoms with E-state index in [9.17, 15) is 0 Å². The van der Waals surface area contributed by atoms with Crippen molar-refractivity contribution in [3.8, 4) is 0 Å². The molecule has 0 aliphatic carbocycles. The van der Waals surface area contributed by atoms with Crippen molar-refractivity contribution in [1.82, 2.24) is 0 Å². The zero-order chi connectivity index (χ0) is 2.00. The van der Waals surface area contributed by atoms with Crippen LogP contribution in [0.15, 0.2) is 0 Å². The van der Waals surface area contributed by atoms with Gasteiger partial charge in [0.2, 0.25) is 0 Å². The predicted molar refractivity (Wildman–Crippen MR) is 7.84 cm³/mol. The molecule has 0 saturated carbocycles. The second kappa shape index (κ2) is 19.5. The molecular formula is HAlOScZr. The maximum absolute atomic E-state index is 8.28. The third kappa shape index (κ3) is 8.94. The van der Waals surface area contributed by atoms with Gasteiger partial charge in [0.15, 0.2) is 0 Å². The van der Waals surface area contributed by atoms with Gasteiger partial charge in [0, 0.05) is 52.0 Å². The van der Waals surface area contributed by atoms with Gasteiger partial charge in [0.25, 0.3) is 0 Å². The summed E-state index contributed by atoms with van der Waals surface area (Å²) in [6.07, 6.45) is 0. The summed E-state index contributed by atoms with van der Waals surface area (Å²) in [5.41, 5.74) is 0. The van der Waals surface area contributed by atoms with Gasteiger partial charge in [0.05, 0.1) is 0 Å². The quantitative estimate of drug-likeness (QED) is 0.447. The van der Waals surface area contributed by atoms with Crippen LogP contribution < -0.4 is 0 Å². The van der Waals surface area contributed by atoms with Gasteiger partial charge in [-0.3, -0.25) is 0 Å². The Balaban J connectivity index is -0.00000000500. The van der Waals surface area contributed by atoms with E-state index in [-0.39, 0.29) is 52.0 Å². The summed E-state index contributed by atoms with van der Waals surface area (Å²) >= 11 is 0.611. The Bertz CT molecular complexity index is 8.00.